The van der Waals surface area contributed by atoms with E-state index < -0.39 is 5.60 Å². The summed E-state index contributed by atoms with van der Waals surface area (Å²) < 4.78 is 0. The molecule has 0 aromatic heterocycles. The van der Waals surface area contributed by atoms with Gasteiger partial charge in [-0.2, -0.15) is 0 Å². The predicted octanol–water partition coefficient (Wildman–Crippen LogP) is 3.92. The molecule has 2 aliphatic rings. The molecule has 0 saturated heterocycles. The fourth-order valence-corrected chi connectivity index (χ4v) is 4.01. The van der Waals surface area contributed by atoms with E-state index in [2.05, 4.69) is 27.4 Å². The van der Waals surface area contributed by atoms with E-state index in [1.54, 1.807) is 0 Å². The van der Waals surface area contributed by atoms with Crippen LogP contribution in [-0.4, -0.2) is 10.7 Å². The number of aliphatic hydroxyl groups is 1. The molecular weight excluding hydrogens is 196 g/mol. The Hall–Kier alpha value is -0.300. The molecule has 2 fully saturated rings. The van der Waals surface area contributed by atoms with Gasteiger partial charge in [0.25, 0.3) is 0 Å². The molecule has 0 spiro atoms. The Bertz CT molecular complexity index is 296. The Balaban J connectivity index is 2.26. The van der Waals surface area contributed by atoms with Crippen LogP contribution in [0.4, 0.5) is 0 Å². The molecular formula is C15H26O. The minimum absolute atomic E-state index is 0.118. The van der Waals surface area contributed by atoms with Gasteiger partial charge in [-0.15, -0.1) is 0 Å². The normalized spacial score (nSPS) is 48.5. The van der Waals surface area contributed by atoms with Crippen molar-refractivity contribution in [1.29, 1.82) is 0 Å². The highest BCUT2D eigenvalue weighted by atomic mass is 16.3. The molecule has 0 radical (unpaired) electrons. The van der Waals surface area contributed by atoms with Crippen molar-refractivity contribution in [1.82, 2.24) is 0 Å². The van der Waals surface area contributed by atoms with E-state index in [4.69, 9.17) is 0 Å². The van der Waals surface area contributed by atoms with Crippen LogP contribution >= 0.6 is 0 Å². The molecule has 0 bridgehead atoms. The Morgan fingerprint density at radius 1 is 1.31 bits per heavy atom. The lowest BCUT2D eigenvalue weighted by Gasteiger charge is -2.57. The van der Waals surface area contributed by atoms with Crippen molar-refractivity contribution in [3.63, 3.8) is 0 Å². The Labute approximate surface area is 99.9 Å². The van der Waals surface area contributed by atoms with E-state index in [1.165, 1.54) is 18.4 Å². The molecule has 0 aromatic carbocycles. The Morgan fingerprint density at radius 2 is 2.00 bits per heavy atom. The number of rotatable bonds is 1. The van der Waals surface area contributed by atoms with Crippen LogP contribution in [0.15, 0.2) is 12.2 Å². The molecule has 0 aromatic rings. The van der Waals surface area contributed by atoms with Gasteiger partial charge in [0.05, 0.1) is 5.60 Å². The van der Waals surface area contributed by atoms with Gasteiger partial charge < -0.3 is 5.11 Å². The molecule has 1 heteroatoms. The van der Waals surface area contributed by atoms with Crippen LogP contribution in [0.1, 0.15) is 59.3 Å². The third kappa shape index (κ3) is 1.64. The van der Waals surface area contributed by atoms with Crippen LogP contribution in [0.25, 0.3) is 0 Å². The van der Waals surface area contributed by atoms with Gasteiger partial charge in [-0.05, 0) is 56.3 Å². The largest absolute Gasteiger partial charge is 0.389 e. The summed E-state index contributed by atoms with van der Waals surface area (Å²) in [7, 11) is 0. The summed E-state index contributed by atoms with van der Waals surface area (Å²) in [4.78, 5) is 0. The highest BCUT2D eigenvalue weighted by Crippen LogP contribution is 2.57. The smallest absolute Gasteiger partial charge is 0.0704 e. The first-order valence-corrected chi connectivity index (χ1v) is 6.77. The van der Waals surface area contributed by atoms with E-state index in [1.807, 2.05) is 0 Å². The maximum atomic E-state index is 10.9. The summed E-state index contributed by atoms with van der Waals surface area (Å²) in [5.41, 5.74) is 1.03. The van der Waals surface area contributed by atoms with Gasteiger partial charge in [0.2, 0.25) is 0 Å². The van der Waals surface area contributed by atoms with Crippen molar-refractivity contribution >= 4 is 0 Å². The van der Waals surface area contributed by atoms with E-state index in [9.17, 15) is 5.11 Å². The van der Waals surface area contributed by atoms with Crippen LogP contribution in [0, 0.1) is 17.3 Å². The molecule has 1 N–H and O–H groups in total. The lowest BCUT2D eigenvalue weighted by molar-refractivity contribution is -0.165. The van der Waals surface area contributed by atoms with E-state index >= 15 is 0 Å². The van der Waals surface area contributed by atoms with E-state index in [0.717, 1.165) is 25.7 Å². The lowest BCUT2D eigenvalue weighted by Crippen LogP contribution is -2.56. The van der Waals surface area contributed by atoms with Crippen molar-refractivity contribution in [2.45, 2.75) is 64.9 Å². The van der Waals surface area contributed by atoms with Crippen molar-refractivity contribution in [3.05, 3.63) is 12.2 Å². The first-order valence-electron chi connectivity index (χ1n) is 6.77. The zero-order valence-corrected chi connectivity index (χ0v) is 11.1. The van der Waals surface area contributed by atoms with Gasteiger partial charge >= 0.3 is 0 Å². The molecule has 0 aliphatic heterocycles. The topological polar surface area (TPSA) is 20.2 Å². The molecule has 4 atom stereocenters. The Kier molecular flexibility index (Phi) is 2.94. The molecule has 16 heavy (non-hydrogen) atoms. The second-order valence-electron chi connectivity index (χ2n) is 6.53. The van der Waals surface area contributed by atoms with Crippen LogP contribution in [0.5, 0.6) is 0 Å². The predicted molar refractivity (Wildman–Crippen MR) is 68.2 cm³/mol. The van der Waals surface area contributed by atoms with Gasteiger partial charge in [-0.25, -0.2) is 0 Å². The highest BCUT2D eigenvalue weighted by molar-refractivity contribution is 5.11. The summed E-state index contributed by atoms with van der Waals surface area (Å²) in [6.07, 6.45) is 6.74. The first kappa shape index (κ1) is 12.2. The standard InChI is InChI=1S/C15H26O/c1-11(2)13-7-9-15(16)8-5-6-12(3)14(15,4)10-13/h12-13,16H,1,5-10H2,2-4H3. The summed E-state index contributed by atoms with van der Waals surface area (Å²) in [5, 5.41) is 10.9. The average Bonchev–Trinajstić information content (AvgIpc) is 2.20. The minimum Gasteiger partial charge on any atom is -0.389 e. The van der Waals surface area contributed by atoms with Crippen LogP contribution < -0.4 is 0 Å². The first-order chi connectivity index (χ1) is 7.39. The summed E-state index contributed by atoms with van der Waals surface area (Å²) >= 11 is 0. The molecule has 1 nitrogen and oxygen atoms in total. The zero-order valence-electron chi connectivity index (χ0n) is 11.1. The SMILES string of the molecule is C=C(C)C1CCC2(O)CCCC(C)C2(C)C1. The van der Waals surface area contributed by atoms with Crippen molar-refractivity contribution in [2.75, 3.05) is 0 Å². The maximum absolute atomic E-state index is 10.9. The van der Waals surface area contributed by atoms with Crippen molar-refractivity contribution in [2.24, 2.45) is 17.3 Å². The van der Waals surface area contributed by atoms with Crippen molar-refractivity contribution in [3.8, 4) is 0 Å². The summed E-state index contributed by atoms with van der Waals surface area (Å²) in [6, 6.07) is 0. The number of hydrogen-bond donors (Lipinski definition) is 1. The van der Waals surface area contributed by atoms with Crippen molar-refractivity contribution < 1.29 is 5.11 Å². The third-order valence-electron chi connectivity index (χ3n) is 5.65. The number of hydrogen-bond acceptors (Lipinski definition) is 1. The zero-order chi connectivity index (χ0) is 12.0. The van der Waals surface area contributed by atoms with E-state index in [-0.39, 0.29) is 5.41 Å². The monoisotopic (exact) mass is 222 g/mol. The highest BCUT2D eigenvalue weighted by Gasteiger charge is 2.54. The lowest BCUT2D eigenvalue weighted by atomic mass is 9.51. The average molecular weight is 222 g/mol. The molecule has 2 aliphatic carbocycles. The van der Waals surface area contributed by atoms with Crippen LogP contribution in [-0.2, 0) is 0 Å². The summed E-state index contributed by atoms with van der Waals surface area (Å²) in [6.45, 7) is 10.9. The second kappa shape index (κ2) is 3.87. The molecule has 2 rings (SSSR count). The Morgan fingerprint density at radius 3 is 2.62 bits per heavy atom. The third-order valence-corrected chi connectivity index (χ3v) is 5.65. The second-order valence-corrected chi connectivity index (χ2v) is 6.53. The molecule has 92 valence electrons. The quantitative estimate of drug-likeness (QED) is 0.667. The van der Waals surface area contributed by atoms with Gasteiger partial charge in [-0.3, -0.25) is 0 Å². The van der Waals surface area contributed by atoms with E-state index in [0.29, 0.717) is 11.8 Å². The molecule has 2 saturated carbocycles. The molecule has 0 amide bonds. The van der Waals surface area contributed by atoms with Crippen LogP contribution in [0.3, 0.4) is 0 Å². The van der Waals surface area contributed by atoms with Crippen LogP contribution in [0.2, 0.25) is 0 Å². The molecule has 0 heterocycles. The maximum Gasteiger partial charge on any atom is 0.0704 e. The van der Waals surface area contributed by atoms with Gasteiger partial charge in [-0.1, -0.05) is 32.4 Å². The van der Waals surface area contributed by atoms with Gasteiger partial charge in [0, 0.05) is 0 Å². The fourth-order valence-electron chi connectivity index (χ4n) is 4.01. The minimum atomic E-state index is -0.392. The van der Waals surface area contributed by atoms with Gasteiger partial charge in [0.1, 0.15) is 0 Å². The van der Waals surface area contributed by atoms with Gasteiger partial charge in [0.15, 0.2) is 0 Å². The number of allylic oxidation sites excluding steroid dienone is 1. The number of fused-ring (bicyclic) bond motifs is 1. The summed E-state index contributed by atoms with van der Waals surface area (Å²) in [5.74, 6) is 1.28. The fraction of sp³-hybridized carbons (Fsp3) is 0.867. The molecule has 4 unspecified atom stereocenters.